The van der Waals surface area contributed by atoms with Gasteiger partial charge in [0.2, 0.25) is 0 Å². The highest BCUT2D eigenvalue weighted by Gasteiger charge is 2.22. The summed E-state index contributed by atoms with van der Waals surface area (Å²) in [6.07, 6.45) is 1.59. The van der Waals surface area contributed by atoms with Crippen molar-refractivity contribution in [2.24, 2.45) is 0 Å². The Bertz CT molecular complexity index is 510. The summed E-state index contributed by atoms with van der Waals surface area (Å²) < 4.78 is 6.87. The van der Waals surface area contributed by atoms with Crippen molar-refractivity contribution in [3.8, 4) is 0 Å². The Labute approximate surface area is 106 Å². The molecule has 0 amide bonds. The van der Waals surface area contributed by atoms with Gasteiger partial charge in [-0.2, -0.15) is 0 Å². The lowest BCUT2D eigenvalue weighted by molar-refractivity contribution is 0.00682. The first-order valence-electron chi connectivity index (χ1n) is 6.03. The molecule has 0 unspecified atom stereocenters. The van der Waals surface area contributed by atoms with Gasteiger partial charge in [-0.3, -0.25) is 4.79 Å². The van der Waals surface area contributed by atoms with E-state index in [4.69, 9.17) is 4.74 Å². The minimum absolute atomic E-state index is 0.0891. The van der Waals surface area contributed by atoms with Gasteiger partial charge in [0.15, 0.2) is 0 Å². The van der Waals surface area contributed by atoms with Gasteiger partial charge in [-0.05, 0) is 26.8 Å². The standard InChI is InChI=1S/C13H18N2O3/c1-13(2,3)18-12(17)9-4-5-11(16)15(8-9)10-6-14-7-10/h4-5,8,10,14H,6-7H2,1-3H3. The van der Waals surface area contributed by atoms with Crippen molar-refractivity contribution in [2.75, 3.05) is 13.1 Å². The molecule has 0 aliphatic carbocycles. The largest absolute Gasteiger partial charge is 0.456 e. The molecule has 2 rings (SSSR count). The molecule has 1 aromatic rings. The Hall–Kier alpha value is -1.62. The van der Waals surface area contributed by atoms with E-state index >= 15 is 0 Å². The molecule has 1 aliphatic rings. The number of carbonyl (C=O) groups is 1. The Balaban J connectivity index is 2.24. The van der Waals surface area contributed by atoms with Gasteiger partial charge in [0, 0.05) is 25.4 Å². The Kier molecular flexibility index (Phi) is 3.26. The molecule has 1 saturated heterocycles. The van der Waals surface area contributed by atoms with Gasteiger partial charge in [-0.15, -0.1) is 0 Å². The Morgan fingerprint density at radius 1 is 1.39 bits per heavy atom. The van der Waals surface area contributed by atoms with Gasteiger partial charge < -0.3 is 14.6 Å². The minimum Gasteiger partial charge on any atom is -0.456 e. The topological polar surface area (TPSA) is 60.3 Å². The maximum absolute atomic E-state index is 11.9. The van der Waals surface area contributed by atoms with Crippen molar-refractivity contribution in [1.82, 2.24) is 9.88 Å². The number of aromatic nitrogens is 1. The zero-order chi connectivity index (χ0) is 13.3. The summed E-state index contributed by atoms with van der Waals surface area (Å²) in [5, 5.41) is 3.10. The van der Waals surface area contributed by atoms with Crippen LogP contribution < -0.4 is 10.9 Å². The van der Waals surface area contributed by atoms with E-state index in [1.165, 1.54) is 12.1 Å². The van der Waals surface area contributed by atoms with Crippen molar-refractivity contribution >= 4 is 5.97 Å². The first-order chi connectivity index (χ1) is 8.37. The summed E-state index contributed by atoms with van der Waals surface area (Å²) in [5.41, 5.74) is -0.207. The zero-order valence-corrected chi connectivity index (χ0v) is 10.9. The zero-order valence-electron chi connectivity index (χ0n) is 10.9. The molecular formula is C13H18N2O3. The van der Waals surface area contributed by atoms with Gasteiger partial charge >= 0.3 is 5.97 Å². The summed E-state index contributed by atoms with van der Waals surface area (Å²) in [5.74, 6) is -0.400. The molecule has 0 spiro atoms. The maximum Gasteiger partial charge on any atom is 0.340 e. The first kappa shape index (κ1) is 12.8. The lowest BCUT2D eigenvalue weighted by atomic mass is 10.1. The third-order valence-corrected chi connectivity index (χ3v) is 2.73. The van der Waals surface area contributed by atoms with E-state index in [9.17, 15) is 9.59 Å². The summed E-state index contributed by atoms with van der Waals surface area (Å²) in [4.78, 5) is 23.6. The van der Waals surface area contributed by atoms with Gasteiger partial charge in [0.25, 0.3) is 5.56 Å². The van der Waals surface area contributed by atoms with Crippen LogP contribution in [0.25, 0.3) is 0 Å². The number of esters is 1. The van der Waals surface area contributed by atoms with Crippen LogP contribution in [0.1, 0.15) is 37.2 Å². The second-order valence-electron chi connectivity index (χ2n) is 5.48. The van der Waals surface area contributed by atoms with Crippen LogP contribution in [0.4, 0.5) is 0 Å². The van der Waals surface area contributed by atoms with E-state index in [1.54, 1.807) is 10.8 Å². The van der Waals surface area contributed by atoms with Gasteiger partial charge in [-0.25, -0.2) is 4.79 Å². The van der Waals surface area contributed by atoms with Crippen molar-refractivity contribution in [1.29, 1.82) is 0 Å². The highest BCUT2D eigenvalue weighted by Crippen LogP contribution is 2.13. The number of ether oxygens (including phenoxy) is 1. The van der Waals surface area contributed by atoms with Crippen LogP contribution in [-0.4, -0.2) is 29.2 Å². The predicted octanol–water partition coefficient (Wildman–Crippen LogP) is 0.948. The van der Waals surface area contributed by atoms with Crippen molar-refractivity contribution in [2.45, 2.75) is 32.4 Å². The SMILES string of the molecule is CC(C)(C)OC(=O)c1ccc(=O)n(C2CNC2)c1. The number of carbonyl (C=O) groups excluding carboxylic acids is 1. The molecule has 5 heteroatoms. The first-order valence-corrected chi connectivity index (χ1v) is 6.03. The van der Waals surface area contributed by atoms with Crippen LogP contribution in [0.15, 0.2) is 23.1 Å². The molecule has 0 atom stereocenters. The third-order valence-electron chi connectivity index (χ3n) is 2.73. The molecule has 1 fully saturated rings. The van der Waals surface area contributed by atoms with Crippen LogP contribution in [0.3, 0.4) is 0 Å². The van der Waals surface area contributed by atoms with Crippen LogP contribution >= 0.6 is 0 Å². The summed E-state index contributed by atoms with van der Waals surface area (Å²) >= 11 is 0. The quantitative estimate of drug-likeness (QED) is 0.794. The summed E-state index contributed by atoms with van der Waals surface area (Å²) in [7, 11) is 0. The van der Waals surface area contributed by atoms with E-state index in [0.29, 0.717) is 5.56 Å². The van der Waals surface area contributed by atoms with Crippen LogP contribution in [-0.2, 0) is 4.74 Å². The maximum atomic E-state index is 11.9. The fourth-order valence-corrected chi connectivity index (χ4v) is 1.72. The molecule has 18 heavy (non-hydrogen) atoms. The number of pyridine rings is 1. The number of hydrogen-bond donors (Lipinski definition) is 1. The van der Waals surface area contributed by atoms with Crippen LogP contribution in [0, 0.1) is 0 Å². The smallest absolute Gasteiger partial charge is 0.340 e. The van der Waals surface area contributed by atoms with E-state index in [2.05, 4.69) is 5.32 Å². The van der Waals surface area contributed by atoms with E-state index < -0.39 is 11.6 Å². The number of nitrogens with one attached hydrogen (secondary N) is 1. The van der Waals surface area contributed by atoms with Gasteiger partial charge in [0.05, 0.1) is 11.6 Å². The molecule has 0 aromatic carbocycles. The monoisotopic (exact) mass is 250 g/mol. The van der Waals surface area contributed by atoms with E-state index in [-0.39, 0.29) is 11.6 Å². The van der Waals surface area contributed by atoms with Crippen molar-refractivity contribution < 1.29 is 9.53 Å². The molecule has 1 N–H and O–H groups in total. The molecule has 0 saturated carbocycles. The molecule has 2 heterocycles. The minimum atomic E-state index is -0.532. The number of rotatable bonds is 2. The third kappa shape index (κ3) is 2.79. The molecule has 98 valence electrons. The predicted molar refractivity (Wildman–Crippen MR) is 67.8 cm³/mol. The molecule has 5 nitrogen and oxygen atoms in total. The Morgan fingerprint density at radius 3 is 2.56 bits per heavy atom. The lowest BCUT2D eigenvalue weighted by Gasteiger charge is -2.29. The van der Waals surface area contributed by atoms with Crippen molar-refractivity contribution in [3.05, 3.63) is 34.2 Å². The molecule has 0 radical (unpaired) electrons. The fourth-order valence-electron chi connectivity index (χ4n) is 1.72. The van der Waals surface area contributed by atoms with Gasteiger partial charge in [-0.1, -0.05) is 0 Å². The lowest BCUT2D eigenvalue weighted by Crippen LogP contribution is -2.46. The fraction of sp³-hybridized carbons (Fsp3) is 0.538. The molecular weight excluding hydrogens is 232 g/mol. The second-order valence-corrected chi connectivity index (χ2v) is 5.48. The van der Waals surface area contributed by atoms with E-state index in [0.717, 1.165) is 13.1 Å². The van der Waals surface area contributed by atoms with E-state index in [1.807, 2.05) is 20.8 Å². The normalized spacial score (nSPS) is 16.2. The average Bonchev–Trinajstić information content (AvgIpc) is 2.15. The molecule has 0 bridgehead atoms. The summed E-state index contributed by atoms with van der Waals surface area (Å²) in [6, 6.07) is 3.07. The number of hydrogen-bond acceptors (Lipinski definition) is 4. The van der Waals surface area contributed by atoms with Crippen LogP contribution in [0.2, 0.25) is 0 Å². The average molecular weight is 250 g/mol. The summed E-state index contributed by atoms with van der Waals surface area (Å²) in [6.45, 7) is 6.97. The highest BCUT2D eigenvalue weighted by molar-refractivity contribution is 5.89. The van der Waals surface area contributed by atoms with Gasteiger partial charge in [0.1, 0.15) is 5.60 Å². The van der Waals surface area contributed by atoms with Crippen LogP contribution in [0.5, 0.6) is 0 Å². The Morgan fingerprint density at radius 2 is 2.06 bits per heavy atom. The number of nitrogens with zero attached hydrogens (tertiary/aromatic N) is 1. The molecule has 1 aromatic heterocycles. The second kappa shape index (κ2) is 4.57. The highest BCUT2D eigenvalue weighted by atomic mass is 16.6. The molecule has 1 aliphatic heterocycles. The van der Waals surface area contributed by atoms with Crippen molar-refractivity contribution in [3.63, 3.8) is 0 Å².